The number of nitrogens with zero attached hydrogens (tertiary/aromatic N) is 3. The highest BCUT2D eigenvalue weighted by Gasteiger charge is 2.31. The minimum Gasteiger partial charge on any atom is -0.376 e. The molecular weight excluding hydrogens is 371 g/mol. The summed E-state index contributed by atoms with van der Waals surface area (Å²) < 4.78 is 40.5. The van der Waals surface area contributed by atoms with Gasteiger partial charge in [-0.3, -0.25) is 4.79 Å². The van der Waals surface area contributed by atoms with Gasteiger partial charge in [0.2, 0.25) is 5.91 Å². The van der Waals surface area contributed by atoms with Crippen molar-refractivity contribution in [3.05, 3.63) is 65.7 Å². The fourth-order valence-corrected chi connectivity index (χ4v) is 2.80. The van der Waals surface area contributed by atoms with E-state index in [4.69, 9.17) is 0 Å². The van der Waals surface area contributed by atoms with Gasteiger partial charge in [0.25, 0.3) is 0 Å². The lowest BCUT2D eigenvalue weighted by Gasteiger charge is -2.16. The molecule has 28 heavy (non-hydrogen) atoms. The molecule has 0 aliphatic carbocycles. The van der Waals surface area contributed by atoms with Crippen molar-refractivity contribution in [1.82, 2.24) is 14.8 Å². The second kappa shape index (κ2) is 7.71. The van der Waals surface area contributed by atoms with E-state index < -0.39 is 17.6 Å². The summed E-state index contributed by atoms with van der Waals surface area (Å²) >= 11 is 0. The average molecular weight is 389 g/mol. The van der Waals surface area contributed by atoms with Crippen molar-refractivity contribution in [1.29, 1.82) is 0 Å². The maximum Gasteiger partial charge on any atom is 0.416 e. The van der Waals surface area contributed by atoms with Crippen molar-refractivity contribution in [3.8, 4) is 5.69 Å². The van der Waals surface area contributed by atoms with E-state index in [1.165, 1.54) is 23.4 Å². The van der Waals surface area contributed by atoms with Crippen LogP contribution in [0, 0.1) is 13.8 Å². The van der Waals surface area contributed by atoms with Crippen molar-refractivity contribution in [3.63, 3.8) is 0 Å². The predicted molar refractivity (Wildman–Crippen MR) is 99.4 cm³/mol. The highest BCUT2D eigenvalue weighted by molar-refractivity contribution is 5.95. The molecule has 1 aromatic heterocycles. The van der Waals surface area contributed by atoms with Crippen LogP contribution in [-0.2, 0) is 11.0 Å². The first-order valence-corrected chi connectivity index (χ1v) is 8.42. The van der Waals surface area contributed by atoms with Crippen LogP contribution in [0.25, 0.3) is 5.69 Å². The third-order valence-electron chi connectivity index (χ3n) is 4.17. The number of halogens is 3. The van der Waals surface area contributed by atoms with Crippen LogP contribution in [0.4, 0.5) is 24.5 Å². The Bertz CT molecular complexity index is 963. The van der Waals surface area contributed by atoms with Crippen LogP contribution in [0.1, 0.15) is 16.7 Å². The maximum atomic E-state index is 13.1. The Morgan fingerprint density at radius 2 is 1.86 bits per heavy atom. The molecule has 0 saturated carbocycles. The Labute approximate surface area is 159 Å². The van der Waals surface area contributed by atoms with Crippen LogP contribution in [0.5, 0.6) is 0 Å². The van der Waals surface area contributed by atoms with Crippen LogP contribution < -0.4 is 10.6 Å². The fourth-order valence-electron chi connectivity index (χ4n) is 2.80. The molecule has 0 atom stereocenters. The Hall–Kier alpha value is -3.36. The number of alkyl halides is 3. The minimum atomic E-state index is -4.53. The minimum absolute atomic E-state index is 0.00590. The van der Waals surface area contributed by atoms with Crippen LogP contribution in [0.2, 0.25) is 0 Å². The number of hydrogen-bond donors (Lipinski definition) is 2. The molecule has 0 aliphatic rings. The van der Waals surface area contributed by atoms with Crippen molar-refractivity contribution < 1.29 is 18.0 Å². The summed E-state index contributed by atoms with van der Waals surface area (Å²) in [4.78, 5) is 16.2. The summed E-state index contributed by atoms with van der Waals surface area (Å²) in [5, 5.41) is 9.48. The molecule has 0 saturated heterocycles. The Morgan fingerprint density at radius 1 is 1.14 bits per heavy atom. The van der Waals surface area contributed by atoms with Gasteiger partial charge in [0.05, 0.1) is 23.5 Å². The van der Waals surface area contributed by atoms with Crippen LogP contribution in [0.3, 0.4) is 0 Å². The fraction of sp³-hybridized carbons (Fsp3) is 0.211. The molecule has 0 spiro atoms. The molecule has 9 heteroatoms. The predicted octanol–water partition coefficient (Wildman–Crippen LogP) is 3.95. The van der Waals surface area contributed by atoms with Crippen LogP contribution in [-0.4, -0.2) is 27.2 Å². The van der Waals surface area contributed by atoms with Gasteiger partial charge < -0.3 is 10.6 Å². The normalized spacial score (nSPS) is 11.3. The van der Waals surface area contributed by atoms with Gasteiger partial charge in [-0.15, -0.1) is 0 Å². The number of benzene rings is 2. The number of carbonyl (C=O) groups excluding carboxylic acids is 1. The lowest BCUT2D eigenvalue weighted by molar-refractivity contribution is -0.137. The number of amides is 1. The molecule has 0 radical (unpaired) electrons. The first kappa shape index (κ1) is 19.4. The van der Waals surface area contributed by atoms with Crippen molar-refractivity contribution in [2.45, 2.75) is 20.0 Å². The molecule has 0 bridgehead atoms. The quantitative estimate of drug-likeness (QED) is 0.693. The molecule has 3 rings (SSSR count). The van der Waals surface area contributed by atoms with E-state index in [2.05, 4.69) is 20.7 Å². The zero-order valence-corrected chi connectivity index (χ0v) is 15.2. The summed E-state index contributed by atoms with van der Waals surface area (Å²) in [6.07, 6.45) is -1.93. The van der Waals surface area contributed by atoms with E-state index in [1.54, 1.807) is 0 Å². The first-order valence-electron chi connectivity index (χ1n) is 8.42. The molecule has 6 nitrogen and oxygen atoms in total. The summed E-state index contributed by atoms with van der Waals surface area (Å²) in [7, 11) is 0. The highest BCUT2D eigenvalue weighted by Crippen LogP contribution is 2.33. The van der Waals surface area contributed by atoms with Gasteiger partial charge in [0.15, 0.2) is 0 Å². The number of aryl methyl sites for hydroxylation is 2. The van der Waals surface area contributed by atoms with E-state index >= 15 is 0 Å². The summed E-state index contributed by atoms with van der Waals surface area (Å²) in [5.74, 6) is -0.483. The van der Waals surface area contributed by atoms with E-state index in [0.717, 1.165) is 28.9 Å². The maximum absolute atomic E-state index is 13.1. The van der Waals surface area contributed by atoms with Gasteiger partial charge in [0.1, 0.15) is 12.7 Å². The van der Waals surface area contributed by atoms with Crippen molar-refractivity contribution in [2.24, 2.45) is 0 Å². The van der Waals surface area contributed by atoms with Gasteiger partial charge in [-0.05, 0) is 43.2 Å². The van der Waals surface area contributed by atoms with Crippen LogP contribution in [0.15, 0.2) is 49.1 Å². The van der Waals surface area contributed by atoms with Gasteiger partial charge in [-0.1, -0.05) is 18.2 Å². The monoisotopic (exact) mass is 389 g/mol. The molecule has 146 valence electrons. The van der Waals surface area contributed by atoms with E-state index in [0.29, 0.717) is 0 Å². The van der Waals surface area contributed by atoms with E-state index in [1.807, 2.05) is 32.0 Å². The molecule has 1 amide bonds. The van der Waals surface area contributed by atoms with Gasteiger partial charge in [0, 0.05) is 5.69 Å². The number of para-hydroxylation sites is 1. The Balaban J connectivity index is 1.82. The summed E-state index contributed by atoms with van der Waals surface area (Å²) in [6.45, 7) is 3.71. The number of rotatable bonds is 5. The molecule has 3 aromatic rings. The molecular formula is C19H18F3N5O. The molecule has 0 aliphatic heterocycles. The van der Waals surface area contributed by atoms with Crippen molar-refractivity contribution in [2.75, 3.05) is 17.2 Å². The van der Waals surface area contributed by atoms with Gasteiger partial charge in [-0.25, -0.2) is 9.67 Å². The van der Waals surface area contributed by atoms with Crippen molar-refractivity contribution >= 4 is 17.3 Å². The molecule has 2 N–H and O–H groups in total. The topological polar surface area (TPSA) is 71.8 Å². The lowest BCUT2D eigenvalue weighted by Crippen LogP contribution is -2.23. The van der Waals surface area contributed by atoms with Gasteiger partial charge >= 0.3 is 6.18 Å². The first-order chi connectivity index (χ1) is 13.3. The summed E-state index contributed by atoms with van der Waals surface area (Å²) in [5.41, 5.74) is 2.16. The van der Waals surface area contributed by atoms with Crippen LogP contribution >= 0.6 is 0 Å². The molecule has 0 unspecified atom stereocenters. The lowest BCUT2D eigenvalue weighted by atomic mass is 10.1. The second-order valence-corrected chi connectivity index (χ2v) is 6.24. The zero-order valence-electron chi connectivity index (χ0n) is 15.2. The highest BCUT2D eigenvalue weighted by atomic mass is 19.4. The van der Waals surface area contributed by atoms with E-state index in [-0.39, 0.29) is 17.9 Å². The molecule has 2 aromatic carbocycles. The Morgan fingerprint density at radius 3 is 2.46 bits per heavy atom. The second-order valence-electron chi connectivity index (χ2n) is 6.24. The summed E-state index contributed by atoms with van der Waals surface area (Å²) in [6, 6.07) is 8.77. The standard InChI is InChI=1S/C19H18F3N5O/c1-12-4-3-5-13(2)18(12)24-9-17(28)26-15-8-14(19(20,21)22)6-7-16(15)27-11-23-10-25-27/h3-8,10-11,24H,9H2,1-2H3,(H,26,28). The zero-order chi connectivity index (χ0) is 20.3. The number of carbonyl (C=O) groups is 1. The number of nitrogens with one attached hydrogen (secondary N) is 2. The SMILES string of the molecule is Cc1cccc(C)c1NCC(=O)Nc1cc(C(F)(F)F)ccc1-n1cncn1. The van der Waals surface area contributed by atoms with Gasteiger partial charge in [-0.2, -0.15) is 18.3 Å². The number of hydrogen-bond acceptors (Lipinski definition) is 4. The number of aromatic nitrogens is 3. The Kier molecular flexibility index (Phi) is 5.34. The third-order valence-corrected chi connectivity index (χ3v) is 4.17. The molecule has 1 heterocycles. The largest absolute Gasteiger partial charge is 0.416 e. The average Bonchev–Trinajstić information content (AvgIpc) is 3.15. The number of anilines is 2. The smallest absolute Gasteiger partial charge is 0.376 e. The molecule has 0 fully saturated rings. The third kappa shape index (κ3) is 4.30. The van der Waals surface area contributed by atoms with E-state index in [9.17, 15) is 18.0 Å².